The molecule has 5 heteroatoms. The second-order valence-corrected chi connectivity index (χ2v) is 7.95. The molecule has 0 aromatic heterocycles. The zero-order valence-electron chi connectivity index (χ0n) is 15.2. The molecule has 0 saturated carbocycles. The van der Waals surface area contributed by atoms with Crippen LogP contribution in [-0.2, 0) is 10.0 Å². The fourth-order valence-corrected chi connectivity index (χ4v) is 4.37. The van der Waals surface area contributed by atoms with Crippen LogP contribution in [0.1, 0.15) is 23.5 Å². The Labute approximate surface area is 160 Å². The zero-order chi connectivity index (χ0) is 19.1. The first-order chi connectivity index (χ1) is 13.1. The molecule has 3 aromatic carbocycles. The van der Waals surface area contributed by atoms with Crippen molar-refractivity contribution in [2.45, 2.75) is 17.2 Å². The summed E-state index contributed by atoms with van der Waals surface area (Å²) in [5.41, 5.74) is 2.33. The summed E-state index contributed by atoms with van der Waals surface area (Å²) in [6, 6.07) is 26.9. The van der Waals surface area contributed by atoms with Gasteiger partial charge in [0.05, 0.1) is 7.11 Å². The summed E-state index contributed by atoms with van der Waals surface area (Å²) < 4.78 is 33.2. The Kier molecular flexibility index (Phi) is 6.27. The molecule has 0 atom stereocenters. The van der Waals surface area contributed by atoms with E-state index in [-0.39, 0.29) is 10.8 Å². The van der Waals surface area contributed by atoms with Gasteiger partial charge in [-0.1, -0.05) is 72.8 Å². The lowest BCUT2D eigenvalue weighted by molar-refractivity contribution is 0.402. The van der Waals surface area contributed by atoms with E-state index >= 15 is 0 Å². The van der Waals surface area contributed by atoms with Crippen LogP contribution >= 0.6 is 0 Å². The van der Waals surface area contributed by atoms with Gasteiger partial charge in [0, 0.05) is 12.5 Å². The lowest BCUT2D eigenvalue weighted by Gasteiger charge is -2.19. The Morgan fingerprint density at radius 2 is 1.33 bits per heavy atom. The average molecular weight is 381 g/mol. The number of methoxy groups -OCH3 is 1. The number of rotatable bonds is 8. The van der Waals surface area contributed by atoms with Crippen molar-refractivity contribution in [3.63, 3.8) is 0 Å². The molecular weight excluding hydrogens is 358 g/mol. The number of sulfonamides is 1. The van der Waals surface area contributed by atoms with Gasteiger partial charge in [-0.2, -0.15) is 0 Å². The summed E-state index contributed by atoms with van der Waals surface area (Å²) in [4.78, 5) is 0.156. The SMILES string of the molecule is COc1ccccc1S(=O)(=O)NCCC(c1ccccc1)c1ccccc1. The van der Waals surface area contributed by atoms with Gasteiger partial charge in [-0.3, -0.25) is 0 Å². The number of benzene rings is 3. The van der Waals surface area contributed by atoms with Crippen LogP contribution in [0.15, 0.2) is 89.8 Å². The van der Waals surface area contributed by atoms with Crippen LogP contribution in [0.25, 0.3) is 0 Å². The normalized spacial score (nSPS) is 11.5. The maximum atomic E-state index is 12.7. The standard InChI is InChI=1S/C22H23NO3S/c1-26-21-14-8-9-15-22(21)27(24,25)23-17-16-20(18-10-4-2-5-11-18)19-12-6-3-7-13-19/h2-15,20,23H,16-17H2,1H3. The fraction of sp³-hybridized carbons (Fsp3) is 0.182. The maximum Gasteiger partial charge on any atom is 0.244 e. The van der Waals surface area contributed by atoms with Crippen LogP contribution in [0.5, 0.6) is 5.75 Å². The molecule has 3 rings (SSSR count). The molecule has 3 aromatic rings. The van der Waals surface area contributed by atoms with E-state index in [2.05, 4.69) is 29.0 Å². The molecule has 0 radical (unpaired) electrons. The molecule has 0 aliphatic heterocycles. The molecule has 0 bridgehead atoms. The van der Waals surface area contributed by atoms with Gasteiger partial charge in [0.15, 0.2) is 0 Å². The fourth-order valence-electron chi connectivity index (χ4n) is 3.15. The summed E-state index contributed by atoms with van der Waals surface area (Å²) in [5, 5.41) is 0. The summed E-state index contributed by atoms with van der Waals surface area (Å²) >= 11 is 0. The highest BCUT2D eigenvalue weighted by atomic mass is 32.2. The van der Waals surface area contributed by atoms with E-state index in [4.69, 9.17) is 4.74 Å². The molecule has 4 nitrogen and oxygen atoms in total. The van der Waals surface area contributed by atoms with Crippen LogP contribution in [0.3, 0.4) is 0 Å². The van der Waals surface area contributed by atoms with E-state index in [9.17, 15) is 8.42 Å². The molecule has 0 spiro atoms. The predicted molar refractivity (Wildman–Crippen MR) is 108 cm³/mol. The van der Waals surface area contributed by atoms with Gasteiger partial charge in [-0.25, -0.2) is 13.1 Å². The topological polar surface area (TPSA) is 55.4 Å². The number of ether oxygens (including phenoxy) is 1. The van der Waals surface area contributed by atoms with E-state index < -0.39 is 10.0 Å². The summed E-state index contributed by atoms with van der Waals surface area (Å²) in [5.74, 6) is 0.459. The Hall–Kier alpha value is -2.63. The number of hydrogen-bond donors (Lipinski definition) is 1. The molecular formula is C22H23NO3S. The summed E-state index contributed by atoms with van der Waals surface area (Å²) in [6.07, 6.45) is 0.655. The van der Waals surface area contributed by atoms with Crippen LogP contribution in [0.2, 0.25) is 0 Å². The van der Waals surface area contributed by atoms with Crippen molar-refractivity contribution in [1.82, 2.24) is 4.72 Å². The lowest BCUT2D eigenvalue weighted by atomic mass is 9.89. The molecule has 0 aliphatic carbocycles. The van der Waals surface area contributed by atoms with Gasteiger partial charge in [-0.05, 0) is 29.7 Å². The zero-order valence-corrected chi connectivity index (χ0v) is 16.0. The van der Waals surface area contributed by atoms with Crippen LogP contribution in [-0.4, -0.2) is 22.1 Å². The van der Waals surface area contributed by atoms with Gasteiger partial charge in [0.25, 0.3) is 0 Å². The Morgan fingerprint density at radius 3 is 1.89 bits per heavy atom. The van der Waals surface area contributed by atoms with E-state index in [0.29, 0.717) is 18.7 Å². The van der Waals surface area contributed by atoms with Crippen LogP contribution in [0.4, 0.5) is 0 Å². The van der Waals surface area contributed by atoms with E-state index in [1.807, 2.05) is 36.4 Å². The van der Waals surface area contributed by atoms with Crippen molar-refractivity contribution >= 4 is 10.0 Å². The molecule has 0 heterocycles. The highest BCUT2D eigenvalue weighted by Crippen LogP contribution is 2.28. The minimum absolute atomic E-state index is 0.118. The molecule has 0 fully saturated rings. The first-order valence-electron chi connectivity index (χ1n) is 8.84. The van der Waals surface area contributed by atoms with E-state index in [1.165, 1.54) is 18.2 Å². The first kappa shape index (κ1) is 19.1. The molecule has 0 amide bonds. The van der Waals surface area contributed by atoms with Gasteiger partial charge in [0.1, 0.15) is 10.6 Å². The maximum absolute atomic E-state index is 12.7. The van der Waals surface area contributed by atoms with Crippen LogP contribution in [0, 0.1) is 0 Å². The monoisotopic (exact) mass is 381 g/mol. The quantitative estimate of drug-likeness (QED) is 0.636. The highest BCUT2D eigenvalue weighted by Gasteiger charge is 2.20. The van der Waals surface area contributed by atoms with Crippen molar-refractivity contribution in [1.29, 1.82) is 0 Å². The number of hydrogen-bond acceptors (Lipinski definition) is 3. The average Bonchev–Trinajstić information content (AvgIpc) is 2.72. The Morgan fingerprint density at radius 1 is 0.815 bits per heavy atom. The van der Waals surface area contributed by atoms with Gasteiger partial charge < -0.3 is 4.74 Å². The van der Waals surface area contributed by atoms with Gasteiger partial charge >= 0.3 is 0 Å². The third-order valence-corrected chi connectivity index (χ3v) is 5.99. The Balaban J connectivity index is 1.76. The Bertz CT molecular complexity index is 918. The molecule has 1 N–H and O–H groups in total. The summed E-state index contributed by atoms with van der Waals surface area (Å²) in [7, 11) is -2.17. The minimum Gasteiger partial charge on any atom is -0.495 e. The molecule has 140 valence electrons. The van der Waals surface area contributed by atoms with Crippen LogP contribution < -0.4 is 9.46 Å². The van der Waals surface area contributed by atoms with Crippen molar-refractivity contribution in [3.05, 3.63) is 96.1 Å². The smallest absolute Gasteiger partial charge is 0.244 e. The predicted octanol–water partition coefficient (Wildman–Crippen LogP) is 4.20. The lowest BCUT2D eigenvalue weighted by Crippen LogP contribution is -2.26. The second kappa shape index (κ2) is 8.84. The third kappa shape index (κ3) is 4.76. The van der Waals surface area contributed by atoms with E-state index in [1.54, 1.807) is 24.3 Å². The van der Waals surface area contributed by atoms with Crippen molar-refractivity contribution < 1.29 is 13.2 Å². The second-order valence-electron chi connectivity index (χ2n) is 6.21. The number of para-hydroxylation sites is 1. The van der Waals surface area contributed by atoms with E-state index in [0.717, 1.165) is 0 Å². The molecule has 0 saturated heterocycles. The third-order valence-electron chi connectivity index (χ3n) is 4.49. The largest absolute Gasteiger partial charge is 0.495 e. The number of nitrogens with one attached hydrogen (secondary N) is 1. The van der Waals surface area contributed by atoms with Gasteiger partial charge in [0.2, 0.25) is 10.0 Å². The summed E-state index contributed by atoms with van der Waals surface area (Å²) in [6.45, 7) is 0.328. The van der Waals surface area contributed by atoms with Crippen molar-refractivity contribution in [3.8, 4) is 5.75 Å². The molecule has 0 unspecified atom stereocenters. The molecule has 0 aliphatic rings. The minimum atomic E-state index is -3.64. The first-order valence-corrected chi connectivity index (χ1v) is 10.3. The van der Waals surface area contributed by atoms with Gasteiger partial charge in [-0.15, -0.1) is 0 Å². The highest BCUT2D eigenvalue weighted by molar-refractivity contribution is 7.89. The van der Waals surface area contributed by atoms with Crippen molar-refractivity contribution in [2.24, 2.45) is 0 Å². The van der Waals surface area contributed by atoms with Crippen molar-refractivity contribution in [2.75, 3.05) is 13.7 Å². The molecule has 27 heavy (non-hydrogen) atoms.